The van der Waals surface area contributed by atoms with Crippen LogP contribution >= 0.6 is 0 Å². The first-order chi connectivity index (χ1) is 30.7. The molecule has 1 aliphatic rings. The van der Waals surface area contributed by atoms with E-state index in [1.807, 2.05) is 0 Å². The Morgan fingerprint density at radius 2 is 0.871 bits per heavy atom. The maximum Gasteiger partial charge on any atom is 0.134 e. The number of aliphatic imine (C=N–C) groups is 1. The first-order valence-electron chi connectivity index (χ1n) is 21.3. The maximum atomic E-state index is 5.32. The first-order valence-corrected chi connectivity index (χ1v) is 21.3. The molecule has 1 atom stereocenters. The highest BCUT2D eigenvalue weighted by Crippen LogP contribution is 2.42. The van der Waals surface area contributed by atoms with E-state index < -0.39 is 0 Å². The number of nitrogens with one attached hydrogen (secondary N) is 1. The van der Waals surface area contributed by atoms with E-state index in [9.17, 15) is 0 Å². The fraction of sp³-hybridized carbons (Fsp3) is 0.0172. The molecule has 1 N–H and O–H groups in total. The van der Waals surface area contributed by atoms with Crippen LogP contribution in [0.25, 0.3) is 87.7 Å². The molecule has 1 aliphatic heterocycles. The van der Waals surface area contributed by atoms with E-state index in [0.29, 0.717) is 0 Å². The van der Waals surface area contributed by atoms with Crippen molar-refractivity contribution in [2.24, 2.45) is 4.99 Å². The second-order valence-electron chi connectivity index (χ2n) is 16.4. The number of fused-ring (bicyclic) bond motifs is 10. The van der Waals surface area contributed by atoms with Crippen molar-refractivity contribution in [3.05, 3.63) is 235 Å². The number of rotatable bonds is 5. The molecule has 62 heavy (non-hydrogen) atoms. The number of hydrogen-bond acceptors (Lipinski definition) is 2. The van der Waals surface area contributed by atoms with Crippen LogP contribution in [0.15, 0.2) is 223 Å². The Hall–Kier alpha value is -8.21. The van der Waals surface area contributed by atoms with Crippen LogP contribution < -0.4 is 5.32 Å². The van der Waals surface area contributed by atoms with E-state index in [1.54, 1.807) is 0 Å². The fourth-order valence-corrected chi connectivity index (χ4v) is 9.99. The number of aromatic nitrogens is 2. The zero-order valence-corrected chi connectivity index (χ0v) is 33.7. The van der Waals surface area contributed by atoms with Crippen LogP contribution in [0.2, 0.25) is 0 Å². The SMILES string of the molecule is c1ccc(-n2c3ccccc3c3cc(-c4ccc5c(c4)c4ccccc4n5-c4ccc(C5NC(c6ccc7ccccc7c6)=Nc6c5ccc5ccccc65)cc4)ccc32)cc1. The molecule has 0 bridgehead atoms. The molecule has 0 radical (unpaired) electrons. The van der Waals surface area contributed by atoms with Gasteiger partial charge in [-0.2, -0.15) is 0 Å². The van der Waals surface area contributed by atoms with Gasteiger partial charge in [0.25, 0.3) is 0 Å². The summed E-state index contributed by atoms with van der Waals surface area (Å²) in [6.07, 6.45) is 0. The third-order valence-electron chi connectivity index (χ3n) is 12.9. The van der Waals surface area contributed by atoms with Crippen molar-refractivity contribution in [2.45, 2.75) is 6.04 Å². The van der Waals surface area contributed by atoms with Crippen molar-refractivity contribution >= 4 is 76.7 Å². The Balaban J connectivity index is 0.902. The van der Waals surface area contributed by atoms with Gasteiger partial charge >= 0.3 is 0 Å². The van der Waals surface area contributed by atoms with E-state index in [-0.39, 0.29) is 6.04 Å². The highest BCUT2D eigenvalue weighted by atomic mass is 15.1. The molecule has 1 unspecified atom stereocenters. The number of hydrogen-bond donors (Lipinski definition) is 1. The van der Waals surface area contributed by atoms with E-state index >= 15 is 0 Å². The minimum atomic E-state index is -0.0811. The van der Waals surface area contributed by atoms with E-state index in [0.717, 1.165) is 28.2 Å². The second kappa shape index (κ2) is 13.7. The Kier molecular flexibility index (Phi) is 7.63. The Morgan fingerprint density at radius 3 is 1.55 bits per heavy atom. The van der Waals surface area contributed by atoms with Gasteiger partial charge in [0.2, 0.25) is 0 Å². The molecule has 0 saturated carbocycles. The second-order valence-corrected chi connectivity index (χ2v) is 16.4. The van der Waals surface area contributed by atoms with Gasteiger partial charge in [0.15, 0.2) is 0 Å². The minimum absolute atomic E-state index is 0.0811. The van der Waals surface area contributed by atoms with Crippen LogP contribution in [-0.2, 0) is 0 Å². The molecular formula is C58H38N4. The zero-order chi connectivity index (χ0) is 40.7. The van der Waals surface area contributed by atoms with Crippen LogP contribution in [0.5, 0.6) is 0 Å². The van der Waals surface area contributed by atoms with Crippen molar-refractivity contribution in [3.63, 3.8) is 0 Å². The largest absolute Gasteiger partial charge is 0.359 e. The molecule has 290 valence electrons. The van der Waals surface area contributed by atoms with Crippen LogP contribution in [0.3, 0.4) is 0 Å². The van der Waals surface area contributed by atoms with Gasteiger partial charge in [-0.3, -0.25) is 0 Å². The first kappa shape index (κ1) is 34.6. The molecule has 13 rings (SSSR count). The monoisotopic (exact) mass is 790 g/mol. The predicted molar refractivity (Wildman–Crippen MR) is 260 cm³/mol. The summed E-state index contributed by atoms with van der Waals surface area (Å²) in [6.45, 7) is 0. The highest BCUT2D eigenvalue weighted by molar-refractivity contribution is 6.13. The number of amidine groups is 1. The zero-order valence-electron chi connectivity index (χ0n) is 33.7. The van der Waals surface area contributed by atoms with Gasteiger partial charge in [-0.05, 0) is 99.6 Å². The van der Waals surface area contributed by atoms with Gasteiger partial charge in [-0.15, -0.1) is 0 Å². The summed E-state index contributed by atoms with van der Waals surface area (Å²) in [5, 5.41) is 13.6. The third kappa shape index (κ3) is 5.37. The lowest BCUT2D eigenvalue weighted by Crippen LogP contribution is -2.32. The summed E-state index contributed by atoms with van der Waals surface area (Å²) < 4.78 is 4.78. The van der Waals surface area contributed by atoms with E-state index in [2.05, 4.69) is 233 Å². The lowest BCUT2D eigenvalue weighted by molar-refractivity contribution is 0.751. The van der Waals surface area contributed by atoms with Crippen LogP contribution in [0.1, 0.15) is 22.7 Å². The van der Waals surface area contributed by atoms with E-state index in [1.165, 1.54) is 87.7 Å². The standard InChI is InChI=1S/C58H38N4/c1-2-15-44(16-3-1)61-52-20-10-8-18-47(52)50-35-41(27-32-54(50)61)42-28-33-55-51(36-42)48-19-9-11-21-53(48)62(55)45-29-24-39(25-30-45)56-49-31-26-38-13-6-7-17-46(38)57(49)60-58(59-56)43-23-22-37-12-4-5-14-40(37)34-43/h1-36,56H,(H,59,60). The lowest BCUT2D eigenvalue weighted by atomic mass is 9.92. The van der Waals surface area contributed by atoms with Crippen LogP contribution in [0.4, 0.5) is 5.69 Å². The van der Waals surface area contributed by atoms with Crippen molar-refractivity contribution in [3.8, 4) is 22.5 Å². The normalized spacial score (nSPS) is 13.9. The molecule has 0 saturated heterocycles. The predicted octanol–water partition coefficient (Wildman–Crippen LogP) is 14.6. The third-order valence-corrected chi connectivity index (χ3v) is 12.9. The number of benzene rings is 10. The molecule has 4 nitrogen and oxygen atoms in total. The molecular weight excluding hydrogens is 753 g/mol. The Bertz CT molecular complexity index is 3780. The molecule has 0 aliphatic carbocycles. The Morgan fingerprint density at radius 1 is 0.355 bits per heavy atom. The maximum absolute atomic E-state index is 5.32. The van der Waals surface area contributed by atoms with Crippen LogP contribution in [0, 0.1) is 0 Å². The summed E-state index contributed by atoms with van der Waals surface area (Å²) in [5.41, 5.74) is 14.0. The highest BCUT2D eigenvalue weighted by Gasteiger charge is 2.26. The van der Waals surface area contributed by atoms with Crippen molar-refractivity contribution in [1.82, 2.24) is 14.5 Å². The van der Waals surface area contributed by atoms with Gasteiger partial charge in [0.1, 0.15) is 5.84 Å². The molecule has 0 amide bonds. The molecule has 0 fully saturated rings. The average molecular weight is 791 g/mol. The molecule has 4 heteroatoms. The molecule has 12 aromatic rings. The van der Waals surface area contributed by atoms with Gasteiger partial charge in [-0.25, -0.2) is 4.99 Å². The van der Waals surface area contributed by atoms with Crippen molar-refractivity contribution < 1.29 is 0 Å². The quantitative estimate of drug-likeness (QED) is 0.185. The van der Waals surface area contributed by atoms with Gasteiger partial charge < -0.3 is 14.5 Å². The van der Waals surface area contributed by atoms with Crippen LogP contribution in [-0.4, -0.2) is 15.0 Å². The van der Waals surface area contributed by atoms with E-state index in [4.69, 9.17) is 4.99 Å². The molecule has 2 aromatic heterocycles. The number of para-hydroxylation sites is 3. The van der Waals surface area contributed by atoms with Crippen molar-refractivity contribution in [2.75, 3.05) is 0 Å². The Labute approximate surface area is 358 Å². The summed E-state index contributed by atoms with van der Waals surface area (Å²) in [5.74, 6) is 0.882. The molecule has 10 aromatic carbocycles. The topological polar surface area (TPSA) is 34.2 Å². The smallest absolute Gasteiger partial charge is 0.134 e. The summed E-state index contributed by atoms with van der Waals surface area (Å²) >= 11 is 0. The van der Waals surface area contributed by atoms with Gasteiger partial charge in [0.05, 0.1) is 33.8 Å². The molecule has 0 spiro atoms. The summed E-state index contributed by atoms with van der Waals surface area (Å²) in [7, 11) is 0. The van der Waals surface area contributed by atoms with Gasteiger partial charge in [0, 0.05) is 49.4 Å². The fourth-order valence-electron chi connectivity index (χ4n) is 9.99. The van der Waals surface area contributed by atoms with Crippen molar-refractivity contribution in [1.29, 1.82) is 0 Å². The summed E-state index contributed by atoms with van der Waals surface area (Å²) in [6, 6.07) is 79.3. The minimum Gasteiger partial charge on any atom is -0.359 e. The molecule has 3 heterocycles. The summed E-state index contributed by atoms with van der Waals surface area (Å²) in [4.78, 5) is 5.32. The van der Waals surface area contributed by atoms with Gasteiger partial charge in [-0.1, -0.05) is 152 Å². The number of nitrogens with zero attached hydrogens (tertiary/aromatic N) is 3. The lowest BCUT2D eigenvalue weighted by Gasteiger charge is -2.29. The average Bonchev–Trinajstić information content (AvgIpc) is 3.86.